The van der Waals surface area contributed by atoms with Gasteiger partial charge in [0.25, 0.3) is 0 Å². The van der Waals surface area contributed by atoms with Gasteiger partial charge in [-0.15, -0.1) is 0 Å². The fourth-order valence-corrected chi connectivity index (χ4v) is 1.13. The van der Waals surface area contributed by atoms with E-state index in [1.54, 1.807) is 0 Å². The molecule has 3 heteroatoms. The van der Waals surface area contributed by atoms with Crippen molar-refractivity contribution in [3.63, 3.8) is 0 Å². The van der Waals surface area contributed by atoms with Gasteiger partial charge in [-0.3, -0.25) is 0 Å². The molecule has 76 valence electrons. The Morgan fingerprint density at radius 1 is 1.31 bits per heavy atom. The molecule has 1 aromatic heterocycles. The number of hydrogen-bond acceptors (Lipinski definition) is 2. The topological polar surface area (TPSA) is 30.7 Å². The molecule has 1 aromatic rings. The van der Waals surface area contributed by atoms with Crippen LogP contribution < -0.4 is 0 Å². The molecule has 0 radical (unpaired) electrons. The molecule has 0 bridgehead atoms. The summed E-state index contributed by atoms with van der Waals surface area (Å²) in [5.41, 5.74) is 0. The number of rotatable bonds is 2. The summed E-state index contributed by atoms with van der Waals surface area (Å²) >= 11 is 0. The smallest absolute Gasteiger partial charge is 0.147 e. The number of nitrogens with zero attached hydrogens (tertiary/aromatic N) is 3. The highest BCUT2D eigenvalue weighted by Crippen LogP contribution is 2.07. The van der Waals surface area contributed by atoms with E-state index in [9.17, 15) is 0 Å². The Labute approximate surface area is 81.2 Å². The van der Waals surface area contributed by atoms with Crippen molar-refractivity contribution in [2.24, 2.45) is 0 Å². The van der Waals surface area contributed by atoms with Crippen LogP contribution >= 0.6 is 0 Å². The Balaban J connectivity index is 0.000000671. The molecule has 0 spiro atoms. The average molecular weight is 183 g/mol. The van der Waals surface area contributed by atoms with Crippen molar-refractivity contribution >= 4 is 0 Å². The summed E-state index contributed by atoms with van der Waals surface area (Å²) in [4.78, 5) is 4.30. The van der Waals surface area contributed by atoms with E-state index >= 15 is 0 Å². The van der Waals surface area contributed by atoms with Gasteiger partial charge in [-0.05, 0) is 20.8 Å². The highest BCUT2D eigenvalue weighted by atomic mass is 15.4. The van der Waals surface area contributed by atoms with Crippen molar-refractivity contribution in [3.05, 3.63) is 11.6 Å². The largest absolute Gasteiger partial charge is 0.247 e. The highest BCUT2D eigenvalue weighted by Gasteiger charge is 2.06. The third-order valence-corrected chi connectivity index (χ3v) is 1.61. The van der Waals surface area contributed by atoms with Crippen LogP contribution in [0.2, 0.25) is 0 Å². The number of aryl methyl sites for hydroxylation is 2. The zero-order chi connectivity index (χ0) is 10.4. The van der Waals surface area contributed by atoms with Crippen LogP contribution in [0.1, 0.15) is 52.3 Å². The van der Waals surface area contributed by atoms with Crippen LogP contribution in [0.3, 0.4) is 0 Å². The van der Waals surface area contributed by atoms with E-state index in [2.05, 4.69) is 30.9 Å². The third kappa shape index (κ3) is 3.17. The Morgan fingerprint density at radius 2 is 1.85 bits per heavy atom. The second-order valence-electron chi connectivity index (χ2n) is 2.97. The summed E-state index contributed by atoms with van der Waals surface area (Å²) in [7, 11) is 0. The molecule has 1 heterocycles. The van der Waals surface area contributed by atoms with Crippen LogP contribution in [-0.4, -0.2) is 14.8 Å². The number of hydrogen-bond donors (Lipinski definition) is 0. The quantitative estimate of drug-likeness (QED) is 0.706. The molecule has 0 amide bonds. The van der Waals surface area contributed by atoms with Crippen LogP contribution in [0, 0.1) is 6.92 Å². The van der Waals surface area contributed by atoms with Gasteiger partial charge in [0.1, 0.15) is 11.6 Å². The Morgan fingerprint density at radius 3 is 2.15 bits per heavy atom. The van der Waals surface area contributed by atoms with Gasteiger partial charge < -0.3 is 0 Å². The maximum atomic E-state index is 4.30. The zero-order valence-electron chi connectivity index (χ0n) is 9.63. The fourth-order valence-electron chi connectivity index (χ4n) is 1.13. The van der Waals surface area contributed by atoms with Gasteiger partial charge in [0.2, 0.25) is 0 Å². The molecule has 0 fully saturated rings. The van der Waals surface area contributed by atoms with Crippen molar-refractivity contribution < 1.29 is 0 Å². The first-order chi connectivity index (χ1) is 6.15. The summed E-state index contributed by atoms with van der Waals surface area (Å²) in [6.45, 7) is 12.3. The molecule has 13 heavy (non-hydrogen) atoms. The second-order valence-corrected chi connectivity index (χ2v) is 2.97. The molecule has 0 N–H and O–H groups in total. The Hall–Kier alpha value is -0.860. The second kappa shape index (κ2) is 5.73. The standard InChI is InChI=1S/C8H15N3.C2H6/c1-5-8-9-7(4)10-11(8)6(2)3;1-2/h6H,5H2,1-4H3;1-2H3. The molecule has 0 aliphatic heterocycles. The van der Waals surface area contributed by atoms with Gasteiger partial charge >= 0.3 is 0 Å². The monoisotopic (exact) mass is 183 g/mol. The normalized spacial score (nSPS) is 9.77. The summed E-state index contributed by atoms with van der Waals surface area (Å²) < 4.78 is 1.98. The molecule has 3 nitrogen and oxygen atoms in total. The van der Waals surface area contributed by atoms with E-state index in [0.29, 0.717) is 6.04 Å². The van der Waals surface area contributed by atoms with Crippen LogP contribution in [0.15, 0.2) is 0 Å². The first kappa shape index (κ1) is 12.1. The minimum Gasteiger partial charge on any atom is -0.247 e. The van der Waals surface area contributed by atoms with Crippen molar-refractivity contribution in [3.8, 4) is 0 Å². The Bertz CT molecular complexity index is 238. The van der Waals surface area contributed by atoms with E-state index in [-0.39, 0.29) is 0 Å². The van der Waals surface area contributed by atoms with Gasteiger partial charge in [-0.25, -0.2) is 9.67 Å². The first-order valence-corrected chi connectivity index (χ1v) is 5.07. The summed E-state index contributed by atoms with van der Waals surface area (Å²) in [5, 5.41) is 4.29. The van der Waals surface area contributed by atoms with E-state index in [4.69, 9.17) is 0 Å². The predicted molar refractivity (Wildman–Crippen MR) is 55.9 cm³/mol. The molecule has 0 aliphatic carbocycles. The van der Waals surface area contributed by atoms with Crippen molar-refractivity contribution in [2.45, 2.75) is 54.0 Å². The number of aromatic nitrogens is 3. The lowest BCUT2D eigenvalue weighted by atomic mass is 10.4. The molecular formula is C10H21N3. The van der Waals surface area contributed by atoms with E-state index in [1.807, 2.05) is 25.5 Å². The minimum atomic E-state index is 0.422. The molecule has 0 saturated carbocycles. The van der Waals surface area contributed by atoms with Gasteiger partial charge in [-0.2, -0.15) is 5.10 Å². The molecule has 0 aromatic carbocycles. The maximum absolute atomic E-state index is 4.30. The molecule has 0 atom stereocenters. The van der Waals surface area contributed by atoms with E-state index in [1.165, 1.54) is 0 Å². The van der Waals surface area contributed by atoms with Crippen LogP contribution in [0.5, 0.6) is 0 Å². The maximum Gasteiger partial charge on any atom is 0.147 e. The summed E-state index contributed by atoms with van der Waals surface area (Å²) in [6, 6.07) is 0.422. The third-order valence-electron chi connectivity index (χ3n) is 1.61. The van der Waals surface area contributed by atoms with Gasteiger partial charge in [0.15, 0.2) is 0 Å². The lowest BCUT2D eigenvalue weighted by molar-refractivity contribution is 0.506. The van der Waals surface area contributed by atoms with Crippen molar-refractivity contribution in [1.82, 2.24) is 14.8 Å². The minimum absolute atomic E-state index is 0.422. The zero-order valence-corrected chi connectivity index (χ0v) is 9.63. The molecule has 0 aliphatic rings. The lowest BCUT2D eigenvalue weighted by Gasteiger charge is -2.06. The van der Waals surface area contributed by atoms with Gasteiger partial charge in [0, 0.05) is 12.5 Å². The molecular weight excluding hydrogens is 162 g/mol. The predicted octanol–water partition coefficient (Wildman–Crippen LogP) is 2.76. The van der Waals surface area contributed by atoms with Gasteiger partial charge in [0.05, 0.1) is 0 Å². The molecule has 0 saturated heterocycles. The summed E-state index contributed by atoms with van der Waals surface area (Å²) in [5.74, 6) is 1.95. The molecule has 0 unspecified atom stereocenters. The van der Waals surface area contributed by atoms with Crippen LogP contribution in [-0.2, 0) is 6.42 Å². The van der Waals surface area contributed by atoms with Crippen molar-refractivity contribution in [1.29, 1.82) is 0 Å². The van der Waals surface area contributed by atoms with Crippen molar-refractivity contribution in [2.75, 3.05) is 0 Å². The summed E-state index contributed by atoms with van der Waals surface area (Å²) in [6.07, 6.45) is 0.957. The first-order valence-electron chi connectivity index (χ1n) is 5.07. The van der Waals surface area contributed by atoms with Crippen LogP contribution in [0.4, 0.5) is 0 Å². The van der Waals surface area contributed by atoms with Crippen LogP contribution in [0.25, 0.3) is 0 Å². The van der Waals surface area contributed by atoms with Gasteiger partial charge in [-0.1, -0.05) is 20.8 Å². The van der Waals surface area contributed by atoms with E-state index < -0.39 is 0 Å². The average Bonchev–Trinajstić information content (AvgIpc) is 2.50. The SMILES string of the molecule is CC.CCc1nc(C)nn1C(C)C. The Kier molecular flexibility index (Phi) is 5.35. The molecule has 1 rings (SSSR count). The highest BCUT2D eigenvalue weighted by molar-refractivity contribution is 4.91. The van der Waals surface area contributed by atoms with E-state index in [0.717, 1.165) is 18.1 Å². The fraction of sp³-hybridized carbons (Fsp3) is 0.800. The lowest BCUT2D eigenvalue weighted by Crippen LogP contribution is -2.07.